The van der Waals surface area contributed by atoms with Crippen LogP contribution in [0, 0.1) is 17.4 Å². The molecule has 0 amide bonds. The number of ether oxygens (including phenoxy) is 1. The molecular formula is C25H25N5O. The van der Waals surface area contributed by atoms with Gasteiger partial charge in [0.15, 0.2) is 6.19 Å². The number of hydrogen-bond donors (Lipinski definition) is 1. The highest BCUT2D eigenvalue weighted by Crippen LogP contribution is 2.33. The number of hydrogen-bond acceptors (Lipinski definition) is 6. The van der Waals surface area contributed by atoms with Gasteiger partial charge in [-0.2, -0.15) is 5.26 Å². The number of nitrogens with zero attached hydrogens (tertiary/aromatic N) is 4. The molecule has 6 heteroatoms. The highest BCUT2D eigenvalue weighted by Gasteiger charge is 2.30. The number of allylic oxidation sites excluding steroid dienone is 1. The molecule has 2 N–H and O–H groups in total. The van der Waals surface area contributed by atoms with Crippen molar-refractivity contribution in [1.82, 2.24) is 9.80 Å². The van der Waals surface area contributed by atoms with Crippen molar-refractivity contribution < 1.29 is 4.74 Å². The SMILES string of the molecule is C=C(C1CCN(C#N)C1)N1C=CN=C(N)/C1=C(/C)c1ccc(Oc2ccccc2)cc1. The van der Waals surface area contributed by atoms with Crippen LogP contribution in [0.4, 0.5) is 0 Å². The van der Waals surface area contributed by atoms with Crippen LogP contribution in [0.3, 0.4) is 0 Å². The maximum Gasteiger partial charge on any atom is 0.179 e. The largest absolute Gasteiger partial charge is 0.457 e. The first-order valence-corrected chi connectivity index (χ1v) is 10.2. The smallest absolute Gasteiger partial charge is 0.179 e. The summed E-state index contributed by atoms with van der Waals surface area (Å²) in [4.78, 5) is 8.09. The molecule has 31 heavy (non-hydrogen) atoms. The topological polar surface area (TPSA) is 77.9 Å². The number of para-hydroxylation sites is 1. The number of likely N-dealkylation sites (tertiary alicyclic amines) is 1. The lowest BCUT2D eigenvalue weighted by Crippen LogP contribution is -2.33. The van der Waals surface area contributed by atoms with Crippen LogP contribution in [0.1, 0.15) is 18.9 Å². The van der Waals surface area contributed by atoms with Crippen molar-refractivity contribution in [1.29, 1.82) is 5.26 Å². The molecule has 2 aliphatic heterocycles. The number of nitriles is 1. The van der Waals surface area contributed by atoms with Crippen molar-refractivity contribution in [2.45, 2.75) is 13.3 Å². The van der Waals surface area contributed by atoms with Gasteiger partial charge in [0, 0.05) is 37.1 Å². The van der Waals surface area contributed by atoms with E-state index in [-0.39, 0.29) is 5.92 Å². The van der Waals surface area contributed by atoms with E-state index < -0.39 is 0 Å². The zero-order chi connectivity index (χ0) is 21.8. The van der Waals surface area contributed by atoms with E-state index in [0.717, 1.165) is 47.0 Å². The summed E-state index contributed by atoms with van der Waals surface area (Å²) in [6, 6.07) is 17.6. The van der Waals surface area contributed by atoms with Crippen LogP contribution in [0.25, 0.3) is 5.57 Å². The van der Waals surface area contributed by atoms with E-state index in [0.29, 0.717) is 12.4 Å². The average molecular weight is 412 g/mol. The predicted molar refractivity (Wildman–Crippen MR) is 123 cm³/mol. The van der Waals surface area contributed by atoms with Gasteiger partial charge in [0.05, 0.1) is 5.70 Å². The maximum atomic E-state index is 9.18. The second-order valence-corrected chi connectivity index (χ2v) is 7.62. The Morgan fingerprint density at radius 3 is 2.55 bits per heavy atom. The second kappa shape index (κ2) is 8.80. The van der Waals surface area contributed by atoms with Gasteiger partial charge in [-0.05, 0) is 48.7 Å². The molecule has 2 aromatic carbocycles. The molecule has 0 saturated carbocycles. The Morgan fingerprint density at radius 1 is 1.16 bits per heavy atom. The van der Waals surface area contributed by atoms with Crippen LogP contribution >= 0.6 is 0 Å². The fourth-order valence-corrected chi connectivity index (χ4v) is 3.91. The summed E-state index contributed by atoms with van der Waals surface area (Å²) >= 11 is 0. The third kappa shape index (κ3) is 4.31. The Balaban J connectivity index is 1.59. The fourth-order valence-electron chi connectivity index (χ4n) is 3.91. The fraction of sp³-hybridized carbons (Fsp3) is 0.200. The van der Waals surface area contributed by atoms with Crippen LogP contribution in [-0.2, 0) is 0 Å². The maximum absolute atomic E-state index is 9.18. The monoisotopic (exact) mass is 411 g/mol. The van der Waals surface area contributed by atoms with Gasteiger partial charge < -0.3 is 20.3 Å². The van der Waals surface area contributed by atoms with Crippen LogP contribution < -0.4 is 10.5 Å². The molecule has 0 radical (unpaired) electrons. The molecule has 1 atom stereocenters. The Hall–Kier alpha value is -3.98. The van der Waals surface area contributed by atoms with Gasteiger partial charge in [-0.1, -0.05) is 36.9 Å². The van der Waals surface area contributed by atoms with E-state index in [9.17, 15) is 5.26 Å². The van der Waals surface area contributed by atoms with Crippen LogP contribution in [-0.4, -0.2) is 28.7 Å². The molecule has 2 aromatic rings. The number of nitrogens with two attached hydrogens (primary N) is 1. The first kappa shape index (κ1) is 20.3. The minimum atomic E-state index is 0.194. The summed E-state index contributed by atoms with van der Waals surface area (Å²) in [6.45, 7) is 7.78. The lowest BCUT2D eigenvalue weighted by Gasteiger charge is -2.31. The summed E-state index contributed by atoms with van der Waals surface area (Å²) in [5.74, 6) is 2.20. The molecule has 0 spiro atoms. The average Bonchev–Trinajstić information content (AvgIpc) is 3.29. The van der Waals surface area contributed by atoms with Crippen LogP contribution in [0.5, 0.6) is 11.5 Å². The van der Waals surface area contributed by atoms with Gasteiger partial charge in [-0.3, -0.25) is 0 Å². The number of benzene rings is 2. The highest BCUT2D eigenvalue weighted by atomic mass is 16.5. The first-order chi connectivity index (χ1) is 15.1. The van der Waals surface area contributed by atoms with Gasteiger partial charge in [0.25, 0.3) is 0 Å². The Bertz CT molecular complexity index is 1090. The van der Waals surface area contributed by atoms with Gasteiger partial charge in [0.1, 0.15) is 17.3 Å². The zero-order valence-electron chi connectivity index (χ0n) is 17.5. The lowest BCUT2D eigenvalue weighted by atomic mass is 10.00. The Labute approximate surface area is 182 Å². The summed E-state index contributed by atoms with van der Waals surface area (Å²) in [5.41, 5.74) is 10.1. The molecule has 4 rings (SSSR count). The third-order valence-electron chi connectivity index (χ3n) is 5.64. The molecule has 2 heterocycles. The molecule has 2 aliphatic rings. The van der Waals surface area contributed by atoms with Gasteiger partial charge in [-0.25, -0.2) is 4.99 Å². The standard InChI is InChI=1S/C25H25N5O/c1-18(20-8-10-23(11-9-20)31-22-6-4-3-5-7-22)24-25(27)28-13-15-30(24)19(2)21-12-14-29(16-21)17-26/h3-11,13,15,21H,2,12,14,16H2,1H3,(H2,27,28)/b24-18+. The normalized spacial score (nSPS) is 19.6. The minimum Gasteiger partial charge on any atom is -0.457 e. The molecule has 156 valence electrons. The van der Waals surface area contributed by atoms with Gasteiger partial charge in [-0.15, -0.1) is 0 Å². The van der Waals surface area contributed by atoms with E-state index in [1.807, 2.05) is 72.6 Å². The number of amidine groups is 1. The van der Waals surface area contributed by atoms with E-state index in [1.165, 1.54) is 0 Å². The van der Waals surface area contributed by atoms with Crippen molar-refractivity contribution >= 4 is 11.4 Å². The van der Waals surface area contributed by atoms with Crippen molar-refractivity contribution in [3.63, 3.8) is 0 Å². The summed E-state index contributed by atoms with van der Waals surface area (Å²) < 4.78 is 5.90. The molecule has 0 aliphatic carbocycles. The molecule has 0 bridgehead atoms. The van der Waals surface area contributed by atoms with Crippen LogP contribution in [0.2, 0.25) is 0 Å². The van der Waals surface area contributed by atoms with Gasteiger partial charge >= 0.3 is 0 Å². The van der Waals surface area contributed by atoms with Crippen molar-refractivity contribution in [2.75, 3.05) is 13.1 Å². The van der Waals surface area contributed by atoms with Crippen LogP contribution in [0.15, 0.2) is 90.0 Å². The minimum absolute atomic E-state index is 0.194. The van der Waals surface area contributed by atoms with Crippen molar-refractivity contribution in [3.8, 4) is 17.7 Å². The molecule has 1 saturated heterocycles. The molecule has 1 fully saturated rings. The quantitative estimate of drug-likeness (QED) is 0.724. The summed E-state index contributed by atoms with van der Waals surface area (Å²) in [7, 11) is 0. The highest BCUT2D eigenvalue weighted by molar-refractivity contribution is 6.04. The predicted octanol–water partition coefficient (Wildman–Crippen LogP) is 4.67. The van der Waals surface area contributed by atoms with Crippen molar-refractivity contribution in [2.24, 2.45) is 16.6 Å². The van der Waals surface area contributed by atoms with Crippen molar-refractivity contribution in [3.05, 3.63) is 90.5 Å². The lowest BCUT2D eigenvalue weighted by molar-refractivity contribution is 0.437. The zero-order valence-corrected chi connectivity index (χ0v) is 17.5. The van der Waals surface area contributed by atoms with E-state index in [4.69, 9.17) is 10.5 Å². The van der Waals surface area contributed by atoms with E-state index in [2.05, 4.69) is 17.8 Å². The summed E-state index contributed by atoms with van der Waals surface area (Å²) in [5, 5.41) is 9.18. The second-order valence-electron chi connectivity index (χ2n) is 7.62. The Kier molecular flexibility index (Phi) is 5.76. The molecule has 1 unspecified atom stereocenters. The Morgan fingerprint density at radius 2 is 1.87 bits per heavy atom. The number of rotatable bonds is 5. The number of aliphatic imine (C=N–C) groups is 1. The van der Waals surface area contributed by atoms with E-state index in [1.54, 1.807) is 11.1 Å². The summed E-state index contributed by atoms with van der Waals surface area (Å²) in [6.07, 6.45) is 6.69. The third-order valence-corrected chi connectivity index (χ3v) is 5.64. The van der Waals surface area contributed by atoms with E-state index >= 15 is 0 Å². The molecule has 0 aromatic heterocycles. The molecular weight excluding hydrogens is 386 g/mol. The first-order valence-electron chi connectivity index (χ1n) is 10.2. The molecule has 6 nitrogen and oxygen atoms in total. The van der Waals surface area contributed by atoms with Gasteiger partial charge in [0.2, 0.25) is 0 Å².